The molecule has 0 aliphatic carbocycles. The van der Waals surface area contributed by atoms with Crippen molar-refractivity contribution < 1.29 is 13.9 Å². The van der Waals surface area contributed by atoms with E-state index in [-0.39, 0.29) is 23.8 Å². The maximum Gasteiger partial charge on any atom is 0.253 e. The summed E-state index contributed by atoms with van der Waals surface area (Å²) in [5.41, 5.74) is 2.72. The van der Waals surface area contributed by atoms with Crippen molar-refractivity contribution in [3.8, 4) is 0 Å². The van der Waals surface area contributed by atoms with Crippen LogP contribution in [0.3, 0.4) is 0 Å². The summed E-state index contributed by atoms with van der Waals surface area (Å²) in [5, 5.41) is 1.26. The van der Waals surface area contributed by atoms with Crippen molar-refractivity contribution >= 4 is 29.1 Å². The van der Waals surface area contributed by atoms with Crippen LogP contribution < -0.4 is 0 Å². The van der Waals surface area contributed by atoms with Crippen molar-refractivity contribution in [3.63, 3.8) is 0 Å². The third-order valence-electron chi connectivity index (χ3n) is 6.71. The number of hydrogen-bond donors (Lipinski definition) is 0. The first-order valence-corrected chi connectivity index (χ1v) is 13.6. The van der Waals surface area contributed by atoms with Crippen LogP contribution in [0.25, 0.3) is 0 Å². The molecule has 1 heterocycles. The van der Waals surface area contributed by atoms with Crippen LogP contribution in [0.4, 0.5) is 4.39 Å². The van der Waals surface area contributed by atoms with Gasteiger partial charge >= 0.3 is 0 Å². The molecule has 3 aromatic carbocycles. The fraction of sp³-hybridized carbons (Fsp3) is 0.323. The average molecular weight is 541 g/mol. The molecule has 0 spiro atoms. The molecule has 194 valence electrons. The minimum atomic E-state index is -0.718. The lowest BCUT2D eigenvalue weighted by Gasteiger charge is -2.48. The number of benzene rings is 3. The van der Waals surface area contributed by atoms with Gasteiger partial charge in [-0.25, -0.2) is 4.39 Å². The molecule has 1 aliphatic heterocycles. The van der Waals surface area contributed by atoms with Crippen LogP contribution >= 0.6 is 23.2 Å². The Balaban J connectivity index is 1.84. The summed E-state index contributed by atoms with van der Waals surface area (Å²) in [7, 11) is 0. The SMILES string of the molecule is CCC=C[C@@H](CCC)N1C(=O)[C@H](Cc2ccc(F)cc2)O[C@@H](c2ccc(Cl)cc2)[C@H]1c1ccc(Cl)cc1. The highest BCUT2D eigenvalue weighted by Crippen LogP contribution is 2.44. The van der Waals surface area contributed by atoms with Crippen LogP contribution in [0.5, 0.6) is 0 Å². The molecular formula is C31H32Cl2FNO2. The van der Waals surface area contributed by atoms with E-state index in [4.69, 9.17) is 27.9 Å². The number of carbonyl (C=O) groups excluding carboxylic acids is 1. The van der Waals surface area contributed by atoms with E-state index >= 15 is 0 Å². The van der Waals surface area contributed by atoms with Gasteiger partial charge in [-0.1, -0.05) is 92.0 Å². The molecule has 6 heteroatoms. The zero-order valence-corrected chi connectivity index (χ0v) is 22.6. The minimum Gasteiger partial charge on any atom is -0.358 e. The van der Waals surface area contributed by atoms with E-state index in [0.29, 0.717) is 16.5 Å². The lowest BCUT2D eigenvalue weighted by Crippen LogP contribution is -2.55. The number of allylic oxidation sites excluding steroid dienone is 1. The highest BCUT2D eigenvalue weighted by Gasteiger charge is 2.46. The number of rotatable bonds is 9. The van der Waals surface area contributed by atoms with E-state index in [1.54, 1.807) is 12.1 Å². The van der Waals surface area contributed by atoms with Gasteiger partial charge < -0.3 is 9.64 Å². The van der Waals surface area contributed by atoms with Crippen LogP contribution in [-0.2, 0) is 16.0 Å². The van der Waals surface area contributed by atoms with Gasteiger partial charge in [0.1, 0.15) is 18.0 Å². The molecule has 3 aromatic rings. The van der Waals surface area contributed by atoms with Gasteiger partial charge in [-0.2, -0.15) is 0 Å². The Morgan fingerprint density at radius 1 is 0.919 bits per heavy atom. The first-order chi connectivity index (χ1) is 17.9. The zero-order valence-electron chi connectivity index (χ0n) is 21.1. The van der Waals surface area contributed by atoms with Crippen molar-refractivity contribution in [2.75, 3.05) is 0 Å². The molecule has 37 heavy (non-hydrogen) atoms. The quantitative estimate of drug-likeness (QED) is 0.255. The number of hydrogen-bond acceptors (Lipinski definition) is 2. The van der Waals surface area contributed by atoms with Gasteiger partial charge in [0, 0.05) is 16.5 Å². The Labute approximate surface area is 228 Å². The topological polar surface area (TPSA) is 29.5 Å². The van der Waals surface area contributed by atoms with E-state index in [0.717, 1.165) is 36.0 Å². The molecule has 4 rings (SSSR count). The van der Waals surface area contributed by atoms with E-state index in [9.17, 15) is 9.18 Å². The van der Waals surface area contributed by atoms with Gasteiger partial charge in [0.05, 0.1) is 12.1 Å². The van der Waals surface area contributed by atoms with Crippen LogP contribution in [-0.4, -0.2) is 23.0 Å². The van der Waals surface area contributed by atoms with Gasteiger partial charge in [0.15, 0.2) is 0 Å². The van der Waals surface area contributed by atoms with Crippen molar-refractivity contribution in [2.45, 2.75) is 63.8 Å². The molecule has 3 nitrogen and oxygen atoms in total. The fourth-order valence-corrected chi connectivity index (χ4v) is 5.18. The lowest BCUT2D eigenvalue weighted by atomic mass is 9.88. The highest BCUT2D eigenvalue weighted by atomic mass is 35.5. The molecule has 4 atom stereocenters. The second-order valence-corrected chi connectivity index (χ2v) is 10.2. The molecule has 1 aliphatic rings. The van der Waals surface area contributed by atoms with Crippen LogP contribution in [0.2, 0.25) is 10.0 Å². The average Bonchev–Trinajstić information content (AvgIpc) is 2.90. The highest BCUT2D eigenvalue weighted by molar-refractivity contribution is 6.30. The Morgan fingerprint density at radius 2 is 1.51 bits per heavy atom. The molecule has 0 radical (unpaired) electrons. The smallest absolute Gasteiger partial charge is 0.253 e. The second kappa shape index (κ2) is 12.7. The van der Waals surface area contributed by atoms with Crippen molar-refractivity contribution in [1.82, 2.24) is 4.90 Å². The summed E-state index contributed by atoms with van der Waals surface area (Å²) in [6.07, 6.45) is 6.08. The third kappa shape index (κ3) is 6.62. The molecule has 0 unspecified atom stereocenters. The summed E-state index contributed by atoms with van der Waals surface area (Å²) in [6, 6.07) is 21.0. The lowest BCUT2D eigenvalue weighted by molar-refractivity contribution is -0.177. The predicted molar refractivity (Wildman–Crippen MR) is 148 cm³/mol. The summed E-state index contributed by atoms with van der Waals surface area (Å²) < 4.78 is 20.2. The monoisotopic (exact) mass is 539 g/mol. The molecule has 0 saturated carbocycles. The summed E-state index contributed by atoms with van der Waals surface area (Å²) in [4.78, 5) is 16.2. The molecule has 1 amide bonds. The minimum absolute atomic E-state index is 0.0753. The standard InChI is InChI=1S/C31H32Cl2FNO2/c1-3-5-7-27(6-4-2)35-29(22-10-14-24(32)15-11-22)30(23-12-16-25(33)17-13-23)37-28(31(35)36)20-21-8-18-26(34)19-9-21/h5,7-19,27-30H,3-4,6,20H2,1-2H3/t27-,28+,29-,30+/m1/s1. The Hall–Kier alpha value is -2.66. The summed E-state index contributed by atoms with van der Waals surface area (Å²) in [5.74, 6) is -0.385. The van der Waals surface area contributed by atoms with Crippen LogP contribution in [0.1, 0.15) is 61.9 Å². The maximum absolute atomic E-state index is 14.2. The molecule has 1 fully saturated rings. The number of ether oxygens (including phenoxy) is 1. The van der Waals surface area contributed by atoms with Crippen LogP contribution in [0.15, 0.2) is 84.9 Å². The molecule has 0 aromatic heterocycles. The van der Waals surface area contributed by atoms with Gasteiger partial charge in [-0.3, -0.25) is 4.79 Å². The normalized spacial score (nSPS) is 20.9. The Kier molecular flexibility index (Phi) is 9.42. The number of halogens is 3. The van der Waals surface area contributed by atoms with E-state index in [1.807, 2.05) is 53.4 Å². The summed E-state index contributed by atoms with van der Waals surface area (Å²) >= 11 is 12.4. The third-order valence-corrected chi connectivity index (χ3v) is 7.21. The number of amides is 1. The van der Waals surface area contributed by atoms with E-state index < -0.39 is 12.2 Å². The van der Waals surface area contributed by atoms with Crippen molar-refractivity contribution in [1.29, 1.82) is 0 Å². The fourth-order valence-electron chi connectivity index (χ4n) is 4.92. The largest absolute Gasteiger partial charge is 0.358 e. The first kappa shape index (κ1) is 27.4. The Morgan fingerprint density at radius 3 is 2.08 bits per heavy atom. The molecular weight excluding hydrogens is 508 g/mol. The summed E-state index contributed by atoms with van der Waals surface area (Å²) in [6.45, 7) is 4.22. The van der Waals surface area contributed by atoms with Crippen molar-refractivity contribution in [2.24, 2.45) is 0 Å². The number of morpholine rings is 1. The zero-order chi connectivity index (χ0) is 26.4. The van der Waals surface area contributed by atoms with Crippen LogP contribution in [0, 0.1) is 5.82 Å². The van der Waals surface area contributed by atoms with Crippen molar-refractivity contribution in [3.05, 3.63) is 118 Å². The first-order valence-electron chi connectivity index (χ1n) is 12.8. The van der Waals surface area contributed by atoms with Gasteiger partial charge in [0.25, 0.3) is 5.91 Å². The predicted octanol–water partition coefficient (Wildman–Crippen LogP) is 8.52. The Bertz CT molecular complexity index is 1200. The van der Waals surface area contributed by atoms with Gasteiger partial charge in [0.2, 0.25) is 0 Å². The second-order valence-electron chi connectivity index (χ2n) is 9.36. The molecule has 1 saturated heterocycles. The van der Waals surface area contributed by atoms with Gasteiger partial charge in [-0.05, 0) is 65.9 Å². The van der Waals surface area contributed by atoms with E-state index in [1.165, 1.54) is 12.1 Å². The number of nitrogens with zero attached hydrogens (tertiary/aromatic N) is 1. The van der Waals surface area contributed by atoms with E-state index in [2.05, 4.69) is 26.0 Å². The molecule has 0 N–H and O–H groups in total. The maximum atomic E-state index is 14.2. The number of carbonyl (C=O) groups is 1. The van der Waals surface area contributed by atoms with Gasteiger partial charge in [-0.15, -0.1) is 0 Å². The molecule has 0 bridgehead atoms.